The summed E-state index contributed by atoms with van der Waals surface area (Å²) in [6, 6.07) is 10.1. The van der Waals surface area contributed by atoms with E-state index in [9.17, 15) is 4.79 Å². The van der Waals surface area contributed by atoms with Crippen molar-refractivity contribution in [1.29, 1.82) is 0 Å². The number of ketones is 1. The molecule has 0 saturated carbocycles. The van der Waals surface area contributed by atoms with E-state index in [2.05, 4.69) is 5.92 Å². The fraction of sp³-hybridized carbons (Fsp3) is 0.188. The molecule has 1 nitrogen and oxygen atoms in total. The third-order valence-electron chi connectivity index (χ3n) is 3.00. The van der Waals surface area contributed by atoms with Crippen molar-refractivity contribution in [2.24, 2.45) is 5.41 Å². The Balaban J connectivity index is 2.32. The number of hydrogen-bond acceptors (Lipinski definition) is 1. The molecule has 1 aromatic carbocycles. The summed E-state index contributed by atoms with van der Waals surface area (Å²) in [4.78, 5) is 11.4. The highest BCUT2D eigenvalue weighted by atomic mass is 16.1. The SMILES string of the molecule is C#CC1(Cc2ccccc2)C=CC(=O)C(C)=C1. The molecule has 1 atom stereocenters. The van der Waals surface area contributed by atoms with Crippen molar-refractivity contribution in [3.63, 3.8) is 0 Å². The minimum atomic E-state index is -0.459. The number of carbonyl (C=O) groups is 1. The van der Waals surface area contributed by atoms with Crippen molar-refractivity contribution in [3.05, 3.63) is 59.7 Å². The van der Waals surface area contributed by atoms with Gasteiger partial charge in [0.2, 0.25) is 0 Å². The Labute approximate surface area is 102 Å². The van der Waals surface area contributed by atoms with E-state index in [1.165, 1.54) is 5.56 Å². The standard InChI is InChI=1S/C16H14O/c1-3-16(10-9-15(17)13(2)11-16)12-14-7-5-4-6-8-14/h1,4-11H,12H2,2H3. The van der Waals surface area contributed by atoms with E-state index >= 15 is 0 Å². The van der Waals surface area contributed by atoms with Crippen LogP contribution in [0, 0.1) is 17.8 Å². The quantitative estimate of drug-likeness (QED) is 0.703. The van der Waals surface area contributed by atoms with Crippen LogP contribution < -0.4 is 0 Å². The van der Waals surface area contributed by atoms with E-state index in [0.717, 1.165) is 12.0 Å². The Hall–Kier alpha value is -2.07. The van der Waals surface area contributed by atoms with Gasteiger partial charge in [-0.2, -0.15) is 0 Å². The number of terminal acetylenes is 1. The molecule has 1 heteroatoms. The summed E-state index contributed by atoms with van der Waals surface area (Å²) in [5, 5.41) is 0. The average molecular weight is 222 g/mol. The van der Waals surface area contributed by atoms with Gasteiger partial charge in [-0.3, -0.25) is 4.79 Å². The highest BCUT2D eigenvalue weighted by Gasteiger charge is 2.26. The second kappa shape index (κ2) is 4.43. The Morgan fingerprint density at radius 2 is 2.00 bits per heavy atom. The van der Waals surface area contributed by atoms with Crippen LogP contribution >= 0.6 is 0 Å². The predicted molar refractivity (Wildman–Crippen MR) is 69.3 cm³/mol. The molecule has 0 aromatic heterocycles. The van der Waals surface area contributed by atoms with Gasteiger partial charge in [-0.1, -0.05) is 48.4 Å². The molecule has 0 saturated heterocycles. The van der Waals surface area contributed by atoms with Crippen LogP contribution in [0.25, 0.3) is 0 Å². The van der Waals surface area contributed by atoms with Crippen LogP contribution in [0.2, 0.25) is 0 Å². The van der Waals surface area contributed by atoms with Crippen LogP contribution in [0.15, 0.2) is 54.1 Å². The van der Waals surface area contributed by atoms with Gasteiger partial charge in [0.15, 0.2) is 5.78 Å². The fourth-order valence-electron chi connectivity index (χ4n) is 2.05. The molecule has 0 fully saturated rings. The second-order valence-electron chi connectivity index (χ2n) is 4.37. The molecule has 0 N–H and O–H groups in total. The maximum Gasteiger partial charge on any atom is 0.181 e. The summed E-state index contributed by atoms with van der Waals surface area (Å²) in [5.41, 5.74) is 1.44. The van der Waals surface area contributed by atoms with Crippen LogP contribution in [0.3, 0.4) is 0 Å². The Morgan fingerprint density at radius 1 is 1.29 bits per heavy atom. The van der Waals surface area contributed by atoms with Crippen molar-refractivity contribution < 1.29 is 4.79 Å². The largest absolute Gasteiger partial charge is 0.290 e. The first-order valence-corrected chi connectivity index (χ1v) is 5.60. The zero-order valence-electron chi connectivity index (χ0n) is 9.81. The number of rotatable bonds is 2. The number of hydrogen-bond donors (Lipinski definition) is 0. The van der Waals surface area contributed by atoms with E-state index in [-0.39, 0.29) is 5.78 Å². The van der Waals surface area contributed by atoms with E-state index in [1.54, 1.807) is 6.08 Å². The van der Waals surface area contributed by atoms with Gasteiger partial charge in [-0.25, -0.2) is 0 Å². The summed E-state index contributed by atoms with van der Waals surface area (Å²) in [6.07, 6.45) is 11.7. The monoisotopic (exact) mass is 222 g/mol. The molecule has 0 spiro atoms. The number of carbonyl (C=O) groups excluding carboxylic acids is 1. The first-order chi connectivity index (χ1) is 8.15. The van der Waals surface area contributed by atoms with E-state index < -0.39 is 5.41 Å². The van der Waals surface area contributed by atoms with Gasteiger partial charge < -0.3 is 0 Å². The third-order valence-corrected chi connectivity index (χ3v) is 3.00. The summed E-state index contributed by atoms with van der Waals surface area (Å²) in [7, 11) is 0. The topological polar surface area (TPSA) is 17.1 Å². The second-order valence-corrected chi connectivity index (χ2v) is 4.37. The highest BCUT2D eigenvalue weighted by molar-refractivity contribution is 6.04. The lowest BCUT2D eigenvalue weighted by atomic mass is 9.77. The molecular weight excluding hydrogens is 208 g/mol. The first-order valence-electron chi connectivity index (χ1n) is 5.60. The van der Waals surface area contributed by atoms with Crippen molar-refractivity contribution >= 4 is 5.78 Å². The molecule has 0 bridgehead atoms. The van der Waals surface area contributed by atoms with Gasteiger partial charge in [0.1, 0.15) is 0 Å². The number of benzene rings is 1. The third kappa shape index (κ3) is 2.37. The maximum atomic E-state index is 11.4. The van der Waals surface area contributed by atoms with Gasteiger partial charge in [-0.15, -0.1) is 6.42 Å². The molecule has 1 aliphatic carbocycles. The van der Waals surface area contributed by atoms with Crippen LogP contribution in [-0.2, 0) is 11.2 Å². The Morgan fingerprint density at radius 3 is 2.59 bits per heavy atom. The van der Waals surface area contributed by atoms with Gasteiger partial charge in [-0.05, 0) is 30.6 Å². The summed E-state index contributed by atoms with van der Waals surface area (Å²) in [6.45, 7) is 1.81. The van der Waals surface area contributed by atoms with Crippen molar-refractivity contribution in [2.45, 2.75) is 13.3 Å². The summed E-state index contributed by atoms with van der Waals surface area (Å²) in [5.74, 6) is 2.85. The average Bonchev–Trinajstić information content (AvgIpc) is 2.35. The smallest absolute Gasteiger partial charge is 0.181 e. The van der Waals surface area contributed by atoms with Crippen LogP contribution in [-0.4, -0.2) is 5.78 Å². The maximum absolute atomic E-state index is 11.4. The molecule has 1 aromatic rings. The molecular formula is C16H14O. The van der Waals surface area contributed by atoms with Gasteiger partial charge in [0.25, 0.3) is 0 Å². The molecule has 84 valence electrons. The lowest BCUT2D eigenvalue weighted by Gasteiger charge is -2.24. The zero-order valence-corrected chi connectivity index (χ0v) is 9.81. The Bertz CT molecular complexity index is 528. The summed E-state index contributed by atoms with van der Waals surface area (Å²) >= 11 is 0. The van der Waals surface area contributed by atoms with Crippen molar-refractivity contribution in [3.8, 4) is 12.3 Å². The first kappa shape index (κ1) is 11.4. The highest BCUT2D eigenvalue weighted by Crippen LogP contribution is 2.30. The lowest BCUT2D eigenvalue weighted by molar-refractivity contribution is -0.111. The molecule has 0 amide bonds. The number of allylic oxidation sites excluding steroid dienone is 4. The normalized spacial score (nSPS) is 23.1. The van der Waals surface area contributed by atoms with Gasteiger partial charge in [0.05, 0.1) is 5.41 Å². The van der Waals surface area contributed by atoms with Crippen molar-refractivity contribution in [1.82, 2.24) is 0 Å². The van der Waals surface area contributed by atoms with E-state index in [4.69, 9.17) is 6.42 Å². The molecule has 0 radical (unpaired) electrons. The molecule has 17 heavy (non-hydrogen) atoms. The van der Waals surface area contributed by atoms with E-state index in [1.807, 2.05) is 49.4 Å². The zero-order chi connectivity index (χ0) is 12.3. The van der Waals surface area contributed by atoms with E-state index in [0.29, 0.717) is 0 Å². The predicted octanol–water partition coefficient (Wildman–Crippen LogP) is 2.93. The molecule has 0 aliphatic heterocycles. The minimum Gasteiger partial charge on any atom is -0.290 e. The molecule has 2 rings (SSSR count). The van der Waals surface area contributed by atoms with Gasteiger partial charge >= 0.3 is 0 Å². The van der Waals surface area contributed by atoms with Crippen LogP contribution in [0.5, 0.6) is 0 Å². The van der Waals surface area contributed by atoms with Gasteiger partial charge in [0, 0.05) is 0 Å². The summed E-state index contributed by atoms with van der Waals surface area (Å²) < 4.78 is 0. The molecule has 1 unspecified atom stereocenters. The minimum absolute atomic E-state index is 0.0453. The Kier molecular flexibility index (Phi) is 2.97. The van der Waals surface area contributed by atoms with Crippen LogP contribution in [0.1, 0.15) is 12.5 Å². The molecule has 1 aliphatic rings. The van der Waals surface area contributed by atoms with Crippen LogP contribution in [0.4, 0.5) is 0 Å². The molecule has 0 heterocycles. The lowest BCUT2D eigenvalue weighted by Crippen LogP contribution is -2.21. The van der Waals surface area contributed by atoms with Crippen molar-refractivity contribution in [2.75, 3.05) is 0 Å². The fourth-order valence-corrected chi connectivity index (χ4v) is 2.05.